The first-order valence-electron chi connectivity index (χ1n) is 9.07. The summed E-state index contributed by atoms with van der Waals surface area (Å²) in [4.78, 5) is 26.1. The molecule has 1 atom stereocenters. The number of rotatable bonds is 6. The summed E-state index contributed by atoms with van der Waals surface area (Å²) >= 11 is 0. The Morgan fingerprint density at radius 3 is 2.62 bits per heavy atom. The van der Waals surface area contributed by atoms with Crippen molar-refractivity contribution in [2.45, 2.75) is 37.7 Å². The van der Waals surface area contributed by atoms with Gasteiger partial charge in [-0.3, -0.25) is 9.59 Å². The van der Waals surface area contributed by atoms with Crippen LogP contribution in [0.4, 0.5) is 4.39 Å². The van der Waals surface area contributed by atoms with Crippen LogP contribution >= 0.6 is 0 Å². The van der Waals surface area contributed by atoms with Gasteiger partial charge in [0.05, 0.1) is 19.6 Å². The van der Waals surface area contributed by atoms with Crippen molar-refractivity contribution in [2.75, 3.05) is 26.3 Å². The van der Waals surface area contributed by atoms with Crippen LogP contribution in [-0.4, -0.2) is 48.6 Å². The van der Waals surface area contributed by atoms with Crippen molar-refractivity contribution in [3.63, 3.8) is 0 Å². The molecule has 0 aromatic heterocycles. The maximum Gasteiger partial charge on any atom is 0.225 e. The first-order chi connectivity index (χ1) is 12.5. The van der Waals surface area contributed by atoms with Crippen molar-refractivity contribution in [3.8, 4) is 5.75 Å². The molecule has 1 aromatic carbocycles. The molecule has 2 amide bonds. The molecule has 26 heavy (non-hydrogen) atoms. The molecule has 0 bridgehead atoms. The largest absolute Gasteiger partial charge is 0.490 e. The summed E-state index contributed by atoms with van der Waals surface area (Å²) in [6.07, 6.45) is 3.97. The molecule has 142 valence electrons. The number of nitrogens with zero attached hydrogens (tertiary/aromatic N) is 1. The minimum absolute atomic E-state index is 0.0390. The maximum atomic E-state index is 13.0. The number of benzene rings is 1. The number of halogens is 1. The Labute approximate surface area is 152 Å². The average Bonchev–Trinajstić information content (AvgIpc) is 3.15. The van der Waals surface area contributed by atoms with Gasteiger partial charge in [0.2, 0.25) is 11.8 Å². The van der Waals surface area contributed by atoms with Crippen molar-refractivity contribution >= 4 is 11.8 Å². The number of carbonyl (C=O) groups excluding carboxylic acids is 2. The van der Waals surface area contributed by atoms with E-state index in [1.54, 1.807) is 4.90 Å². The predicted molar refractivity (Wildman–Crippen MR) is 92.9 cm³/mol. The zero-order valence-corrected chi connectivity index (χ0v) is 14.8. The highest BCUT2D eigenvalue weighted by Gasteiger charge is 2.42. The SMILES string of the molecule is NC(=O)C[C@]1(COc2ccc(F)cc2)CN(C(=O)C2CCCC2)CCO1. The minimum atomic E-state index is -0.979. The van der Waals surface area contributed by atoms with Gasteiger partial charge < -0.3 is 20.1 Å². The molecule has 6 nitrogen and oxygen atoms in total. The molecule has 2 N–H and O–H groups in total. The molecule has 2 aliphatic rings. The number of carbonyl (C=O) groups is 2. The van der Waals surface area contributed by atoms with Crippen molar-refractivity contribution in [1.82, 2.24) is 4.90 Å². The predicted octanol–water partition coefficient (Wildman–Crippen LogP) is 1.87. The van der Waals surface area contributed by atoms with Gasteiger partial charge in [0.15, 0.2) is 0 Å². The van der Waals surface area contributed by atoms with Crippen molar-refractivity contribution in [2.24, 2.45) is 11.7 Å². The fraction of sp³-hybridized carbons (Fsp3) is 0.579. The zero-order valence-electron chi connectivity index (χ0n) is 14.8. The molecular formula is C19H25FN2O4. The normalized spacial score (nSPS) is 23.8. The van der Waals surface area contributed by atoms with Crippen LogP contribution in [0, 0.1) is 11.7 Å². The molecule has 1 aliphatic heterocycles. The second-order valence-electron chi connectivity index (χ2n) is 7.16. The van der Waals surface area contributed by atoms with Gasteiger partial charge in [-0.2, -0.15) is 0 Å². The second kappa shape index (κ2) is 8.03. The van der Waals surface area contributed by atoms with E-state index >= 15 is 0 Å². The van der Waals surface area contributed by atoms with Crippen LogP contribution in [0.5, 0.6) is 5.75 Å². The quantitative estimate of drug-likeness (QED) is 0.835. The average molecular weight is 364 g/mol. The number of hydrogen-bond donors (Lipinski definition) is 1. The van der Waals surface area contributed by atoms with E-state index < -0.39 is 11.5 Å². The molecule has 2 fully saturated rings. The van der Waals surface area contributed by atoms with Crippen molar-refractivity contribution in [3.05, 3.63) is 30.1 Å². The fourth-order valence-electron chi connectivity index (χ4n) is 3.77. The molecule has 0 unspecified atom stereocenters. The Morgan fingerprint density at radius 1 is 1.27 bits per heavy atom. The summed E-state index contributed by atoms with van der Waals surface area (Å²) < 4.78 is 24.6. The van der Waals surface area contributed by atoms with Crippen LogP contribution in [-0.2, 0) is 14.3 Å². The number of nitrogens with two attached hydrogens (primary N) is 1. The van der Waals surface area contributed by atoms with E-state index in [2.05, 4.69) is 0 Å². The Hall–Kier alpha value is -2.15. The Balaban J connectivity index is 1.69. The van der Waals surface area contributed by atoms with E-state index in [1.165, 1.54) is 24.3 Å². The van der Waals surface area contributed by atoms with E-state index in [-0.39, 0.29) is 37.2 Å². The summed E-state index contributed by atoms with van der Waals surface area (Å²) in [6, 6.07) is 5.62. The number of hydrogen-bond acceptors (Lipinski definition) is 4. The van der Waals surface area contributed by atoms with Gasteiger partial charge in [-0.05, 0) is 37.1 Å². The summed E-state index contributed by atoms with van der Waals surface area (Å²) in [6.45, 7) is 1.17. The van der Waals surface area contributed by atoms with E-state index in [0.29, 0.717) is 18.9 Å². The molecule has 1 aromatic rings. The van der Waals surface area contributed by atoms with Crippen LogP contribution < -0.4 is 10.5 Å². The molecule has 3 rings (SSSR count). The van der Waals surface area contributed by atoms with Crippen LogP contribution in [0.15, 0.2) is 24.3 Å². The molecule has 1 saturated heterocycles. The highest BCUT2D eigenvalue weighted by atomic mass is 19.1. The number of amides is 2. The van der Waals surface area contributed by atoms with Crippen LogP contribution in [0.2, 0.25) is 0 Å². The van der Waals surface area contributed by atoms with Crippen molar-refractivity contribution < 1.29 is 23.5 Å². The Morgan fingerprint density at radius 2 is 1.96 bits per heavy atom. The third-order valence-corrected chi connectivity index (χ3v) is 5.08. The van der Waals surface area contributed by atoms with Crippen LogP contribution in [0.3, 0.4) is 0 Å². The summed E-state index contributed by atoms with van der Waals surface area (Å²) in [5, 5.41) is 0. The van der Waals surface area contributed by atoms with Gasteiger partial charge >= 0.3 is 0 Å². The van der Waals surface area contributed by atoms with E-state index in [9.17, 15) is 14.0 Å². The molecule has 0 radical (unpaired) electrons. The summed E-state index contributed by atoms with van der Waals surface area (Å²) in [5.74, 6) is -0.203. The number of ether oxygens (including phenoxy) is 2. The van der Waals surface area contributed by atoms with Gasteiger partial charge in [0, 0.05) is 12.5 Å². The molecule has 1 aliphatic carbocycles. The summed E-state index contributed by atoms with van der Waals surface area (Å²) in [7, 11) is 0. The maximum absolute atomic E-state index is 13.0. The topological polar surface area (TPSA) is 81.9 Å². The first kappa shape index (κ1) is 18.6. The molecule has 1 heterocycles. The van der Waals surface area contributed by atoms with Gasteiger partial charge in [-0.25, -0.2) is 4.39 Å². The highest BCUT2D eigenvalue weighted by molar-refractivity contribution is 5.80. The van der Waals surface area contributed by atoms with Crippen molar-refractivity contribution in [1.29, 1.82) is 0 Å². The Bertz CT molecular complexity index is 645. The third kappa shape index (κ3) is 4.52. The molecular weight excluding hydrogens is 339 g/mol. The standard InChI is InChI=1S/C19H25FN2O4/c20-15-5-7-16(8-6-15)25-13-19(11-17(21)23)12-22(9-10-26-19)18(24)14-3-1-2-4-14/h5-8,14H,1-4,9-13H2,(H2,21,23)/t19-/m1/s1. The first-order valence-corrected chi connectivity index (χ1v) is 9.07. The lowest BCUT2D eigenvalue weighted by Gasteiger charge is -2.42. The lowest BCUT2D eigenvalue weighted by molar-refractivity contribution is -0.164. The molecule has 1 saturated carbocycles. The van der Waals surface area contributed by atoms with E-state index in [0.717, 1.165) is 25.7 Å². The zero-order chi connectivity index (χ0) is 18.6. The van der Waals surface area contributed by atoms with Crippen LogP contribution in [0.1, 0.15) is 32.1 Å². The highest BCUT2D eigenvalue weighted by Crippen LogP contribution is 2.30. The smallest absolute Gasteiger partial charge is 0.225 e. The fourth-order valence-corrected chi connectivity index (χ4v) is 3.77. The van der Waals surface area contributed by atoms with Gasteiger partial charge in [0.1, 0.15) is 23.8 Å². The lowest BCUT2D eigenvalue weighted by atomic mass is 9.96. The third-order valence-electron chi connectivity index (χ3n) is 5.08. The van der Waals surface area contributed by atoms with E-state index in [1.807, 2.05) is 0 Å². The monoisotopic (exact) mass is 364 g/mol. The van der Waals surface area contributed by atoms with E-state index in [4.69, 9.17) is 15.2 Å². The van der Waals surface area contributed by atoms with Gasteiger partial charge in [-0.15, -0.1) is 0 Å². The lowest BCUT2D eigenvalue weighted by Crippen LogP contribution is -2.58. The summed E-state index contributed by atoms with van der Waals surface area (Å²) in [5.41, 5.74) is 4.43. The Kier molecular flexibility index (Phi) is 5.76. The second-order valence-corrected chi connectivity index (χ2v) is 7.16. The number of primary amides is 1. The van der Waals surface area contributed by atoms with Gasteiger partial charge in [-0.1, -0.05) is 12.8 Å². The minimum Gasteiger partial charge on any atom is -0.490 e. The number of morpholine rings is 1. The van der Waals surface area contributed by atoms with Crippen LogP contribution in [0.25, 0.3) is 0 Å². The van der Waals surface area contributed by atoms with Gasteiger partial charge in [0.25, 0.3) is 0 Å². The molecule has 7 heteroatoms. The molecule has 0 spiro atoms.